The first-order valence-electron chi connectivity index (χ1n) is 10.9. The predicted molar refractivity (Wildman–Crippen MR) is 132 cm³/mol. The Bertz CT molecular complexity index is 1310. The molecule has 0 bridgehead atoms. The number of benzene rings is 1. The van der Waals surface area contributed by atoms with Crippen LogP contribution >= 0.6 is 0 Å². The summed E-state index contributed by atoms with van der Waals surface area (Å²) in [5.41, 5.74) is 2.33. The van der Waals surface area contributed by atoms with Crippen molar-refractivity contribution in [3.05, 3.63) is 87.8 Å². The van der Waals surface area contributed by atoms with Crippen molar-refractivity contribution >= 4 is 44.4 Å². The number of fused-ring (bicyclic) bond motifs is 1. The van der Waals surface area contributed by atoms with Gasteiger partial charge in [0.2, 0.25) is 11.8 Å². The van der Waals surface area contributed by atoms with E-state index in [-0.39, 0.29) is 18.2 Å². The maximum Gasteiger partial charge on any atom is 0.254 e. The molecule has 2 aliphatic rings. The van der Waals surface area contributed by atoms with Crippen LogP contribution < -0.4 is 21.1 Å². The van der Waals surface area contributed by atoms with Crippen LogP contribution in [-0.4, -0.2) is 35.9 Å². The van der Waals surface area contributed by atoms with E-state index in [1.807, 2.05) is 54.6 Å². The second kappa shape index (κ2) is 8.94. The first-order chi connectivity index (χ1) is 15.8. The van der Waals surface area contributed by atoms with Gasteiger partial charge >= 0.3 is 0 Å². The van der Waals surface area contributed by atoms with Gasteiger partial charge in [0.05, 0.1) is 5.44 Å². The Morgan fingerprint density at radius 2 is 1.76 bits per heavy atom. The molecule has 0 saturated carbocycles. The highest BCUT2D eigenvalue weighted by molar-refractivity contribution is 6.32. The minimum absolute atomic E-state index is 0.184. The summed E-state index contributed by atoms with van der Waals surface area (Å²) >= 11 is 0. The number of hydrogen-bond acceptors (Lipinski definition) is 4. The van der Waals surface area contributed by atoms with E-state index in [0.29, 0.717) is 25.1 Å². The Hall–Kier alpha value is -3.87. The third-order valence-corrected chi connectivity index (χ3v) is 6.20. The van der Waals surface area contributed by atoms with Gasteiger partial charge in [-0.05, 0) is 46.2 Å². The smallest absolute Gasteiger partial charge is 0.254 e. The van der Waals surface area contributed by atoms with E-state index in [0.717, 1.165) is 27.3 Å². The molecule has 2 heterocycles. The quantitative estimate of drug-likeness (QED) is 0.550. The average molecular weight is 439 g/mol. The van der Waals surface area contributed by atoms with Gasteiger partial charge < -0.3 is 10.2 Å². The van der Waals surface area contributed by atoms with E-state index in [1.165, 1.54) is 0 Å². The molecule has 1 atom stereocenters. The first-order valence-corrected chi connectivity index (χ1v) is 10.9. The highest BCUT2D eigenvalue weighted by atomic mass is 16.2. The van der Waals surface area contributed by atoms with Gasteiger partial charge in [-0.2, -0.15) is 0 Å². The highest BCUT2D eigenvalue weighted by Crippen LogP contribution is 2.33. The van der Waals surface area contributed by atoms with Crippen LogP contribution in [0.4, 0.5) is 5.69 Å². The van der Waals surface area contributed by atoms with Crippen molar-refractivity contribution in [3.8, 4) is 0 Å². The van der Waals surface area contributed by atoms with E-state index in [1.54, 1.807) is 18.8 Å². The van der Waals surface area contributed by atoms with Crippen LogP contribution in [0.2, 0.25) is 0 Å². The SMILES string of the molecule is BC1(N2Cc3cc(NCc4ccc(=C)ccccc(=C)c4)ccc3C2=O)CCC(=O)NC1=O. The summed E-state index contributed by atoms with van der Waals surface area (Å²) < 4.78 is 0. The summed E-state index contributed by atoms with van der Waals surface area (Å²) in [4.78, 5) is 38.7. The number of carbonyl (C=O) groups is 3. The lowest BCUT2D eigenvalue weighted by Gasteiger charge is -2.39. The van der Waals surface area contributed by atoms with E-state index in [9.17, 15) is 14.4 Å². The third-order valence-electron chi connectivity index (χ3n) is 6.20. The van der Waals surface area contributed by atoms with E-state index < -0.39 is 11.3 Å². The molecule has 33 heavy (non-hydrogen) atoms. The number of rotatable bonds is 4. The molecule has 2 aromatic carbocycles. The van der Waals surface area contributed by atoms with Gasteiger partial charge in [0, 0.05) is 30.8 Å². The molecular formula is C26H26BN3O3. The van der Waals surface area contributed by atoms with Crippen LogP contribution in [0, 0.1) is 0 Å². The zero-order chi connectivity index (χ0) is 23.6. The molecule has 0 aliphatic carbocycles. The van der Waals surface area contributed by atoms with Crippen LogP contribution in [-0.2, 0) is 22.7 Å². The minimum Gasteiger partial charge on any atom is -0.381 e. The first kappa shape index (κ1) is 22.3. The fourth-order valence-corrected chi connectivity index (χ4v) is 4.16. The van der Waals surface area contributed by atoms with Gasteiger partial charge in [0.15, 0.2) is 0 Å². The van der Waals surface area contributed by atoms with Crippen LogP contribution in [0.3, 0.4) is 0 Å². The molecule has 6 nitrogen and oxygen atoms in total. The van der Waals surface area contributed by atoms with Gasteiger partial charge in [0.1, 0.15) is 7.85 Å². The Morgan fingerprint density at radius 1 is 1.00 bits per heavy atom. The fourth-order valence-electron chi connectivity index (χ4n) is 4.16. The van der Waals surface area contributed by atoms with E-state index in [2.05, 4.69) is 23.8 Å². The lowest BCUT2D eigenvalue weighted by atomic mass is 9.70. The van der Waals surface area contributed by atoms with Crippen LogP contribution in [0.15, 0.2) is 60.7 Å². The van der Waals surface area contributed by atoms with Crippen molar-refractivity contribution in [1.82, 2.24) is 10.2 Å². The molecule has 1 fully saturated rings. The molecule has 7 heteroatoms. The van der Waals surface area contributed by atoms with Gasteiger partial charge in [-0.15, -0.1) is 0 Å². The number of hydrogen-bond donors (Lipinski definition) is 2. The molecule has 166 valence electrons. The molecule has 2 N–H and O–H groups in total. The molecule has 2 aliphatic heterocycles. The molecule has 0 spiro atoms. The lowest BCUT2D eigenvalue weighted by Crippen LogP contribution is -2.63. The monoisotopic (exact) mass is 439 g/mol. The normalized spacial score (nSPS) is 19.5. The number of nitrogens with zero attached hydrogens (tertiary/aromatic N) is 1. The van der Waals surface area contributed by atoms with Gasteiger partial charge in [-0.25, -0.2) is 0 Å². The Labute approximate surface area is 193 Å². The number of nitrogens with one attached hydrogen (secondary N) is 2. The Kier molecular flexibility index (Phi) is 6.05. The summed E-state index contributed by atoms with van der Waals surface area (Å²) in [6.45, 7) is 8.97. The number of amides is 3. The molecule has 0 radical (unpaired) electrons. The standard InChI is InChI=1S/C26H26BN3O3/c1-17-5-3-4-6-18(2)13-19(8-7-17)15-28-21-9-10-22-20(14-21)16-30(24(22)32)26(27)12-11-23(31)29-25(26)33/h3-10,13-14,28H,1-2,11-12,15-16,27H2,(H,29,31,33). The summed E-state index contributed by atoms with van der Waals surface area (Å²) in [5, 5.41) is 7.57. The molecule has 4 rings (SSSR count). The fraction of sp³-hybridized carbons (Fsp3) is 0.192. The van der Waals surface area contributed by atoms with Crippen molar-refractivity contribution < 1.29 is 14.4 Å². The van der Waals surface area contributed by atoms with Crippen molar-refractivity contribution in [2.45, 2.75) is 31.4 Å². The van der Waals surface area contributed by atoms with Crippen LogP contribution in [0.25, 0.3) is 13.2 Å². The molecule has 1 unspecified atom stereocenters. The summed E-state index contributed by atoms with van der Waals surface area (Å²) in [5.74, 6) is -0.898. The molecule has 1 saturated heterocycles. The number of imide groups is 1. The predicted octanol–water partition coefficient (Wildman–Crippen LogP) is 0.966. The summed E-state index contributed by atoms with van der Waals surface area (Å²) in [6.07, 6.45) is 0.544. The van der Waals surface area contributed by atoms with Crippen molar-refractivity contribution in [2.24, 2.45) is 0 Å². The largest absolute Gasteiger partial charge is 0.381 e. The average Bonchev–Trinajstić information content (AvgIpc) is 3.12. The number of carbonyl (C=O) groups excluding carboxylic acids is 3. The maximum absolute atomic E-state index is 13.0. The van der Waals surface area contributed by atoms with Crippen LogP contribution in [0.5, 0.6) is 0 Å². The highest BCUT2D eigenvalue weighted by Gasteiger charge is 2.48. The molecule has 3 amide bonds. The molecule has 2 aromatic rings. The second-order valence-electron chi connectivity index (χ2n) is 8.69. The third kappa shape index (κ3) is 4.67. The topological polar surface area (TPSA) is 78.5 Å². The van der Waals surface area contributed by atoms with Crippen molar-refractivity contribution in [3.63, 3.8) is 0 Å². The molecule has 0 aromatic heterocycles. The summed E-state index contributed by atoms with van der Waals surface area (Å²) in [6, 6.07) is 19.3. The van der Waals surface area contributed by atoms with Gasteiger partial charge in [0.25, 0.3) is 5.91 Å². The zero-order valence-electron chi connectivity index (χ0n) is 18.7. The Morgan fingerprint density at radius 3 is 2.52 bits per heavy atom. The van der Waals surface area contributed by atoms with E-state index >= 15 is 0 Å². The van der Waals surface area contributed by atoms with Crippen molar-refractivity contribution in [1.29, 1.82) is 0 Å². The minimum atomic E-state index is -1.03. The number of anilines is 1. The summed E-state index contributed by atoms with van der Waals surface area (Å²) in [7, 11) is 1.72. The van der Waals surface area contributed by atoms with Crippen LogP contribution in [0.1, 0.15) is 34.3 Å². The number of piperidine rings is 1. The second-order valence-corrected chi connectivity index (χ2v) is 8.69. The van der Waals surface area contributed by atoms with Gasteiger partial charge in [-0.1, -0.05) is 55.6 Å². The van der Waals surface area contributed by atoms with Gasteiger partial charge in [-0.3, -0.25) is 19.7 Å². The maximum atomic E-state index is 13.0. The lowest BCUT2D eigenvalue weighted by molar-refractivity contribution is -0.138. The zero-order valence-corrected chi connectivity index (χ0v) is 18.7. The van der Waals surface area contributed by atoms with Crippen molar-refractivity contribution in [2.75, 3.05) is 5.32 Å². The molecular weight excluding hydrogens is 413 g/mol. The Balaban J connectivity index is 1.54. The van der Waals surface area contributed by atoms with E-state index in [4.69, 9.17) is 0 Å².